The van der Waals surface area contributed by atoms with Gasteiger partial charge in [0.15, 0.2) is 0 Å². The molecule has 0 aliphatic carbocycles. The first kappa shape index (κ1) is 14.9. The monoisotopic (exact) mass is 275 g/mol. The van der Waals surface area contributed by atoms with E-state index in [0.29, 0.717) is 29.8 Å². The number of amides is 1. The molecule has 1 aromatic carbocycles. The molecule has 1 heterocycles. The molecule has 1 fully saturated rings. The third-order valence-electron chi connectivity index (χ3n) is 4.00. The van der Waals surface area contributed by atoms with Gasteiger partial charge in [0, 0.05) is 23.8 Å². The zero-order valence-electron chi connectivity index (χ0n) is 12.4. The average Bonchev–Trinajstić information content (AvgIpc) is 2.92. The summed E-state index contributed by atoms with van der Waals surface area (Å²) in [6.07, 6.45) is 2.54. The van der Waals surface area contributed by atoms with Gasteiger partial charge >= 0.3 is 0 Å². The maximum Gasteiger partial charge on any atom is 0.251 e. The first-order valence-electron chi connectivity index (χ1n) is 7.45. The van der Waals surface area contributed by atoms with Crippen molar-refractivity contribution in [1.29, 1.82) is 0 Å². The maximum atomic E-state index is 12.2. The van der Waals surface area contributed by atoms with Gasteiger partial charge in [0.1, 0.15) is 0 Å². The van der Waals surface area contributed by atoms with Crippen LogP contribution in [0.25, 0.3) is 0 Å². The van der Waals surface area contributed by atoms with Gasteiger partial charge in [-0.1, -0.05) is 19.9 Å². The number of benzene rings is 1. The standard InChI is InChI=1S/C16H25N3O/c1-12(2)15(19-8-3-4-9-19)11-18-16(20)13-6-5-7-14(17)10-13/h5-7,10,12,15H,3-4,8-9,11,17H2,1-2H3,(H,18,20). The Balaban J connectivity index is 1.93. The SMILES string of the molecule is CC(C)C(CNC(=O)c1cccc(N)c1)N1CCCC1. The number of hydrogen-bond donors (Lipinski definition) is 2. The van der Waals surface area contributed by atoms with Crippen molar-refractivity contribution in [2.45, 2.75) is 32.7 Å². The van der Waals surface area contributed by atoms with E-state index in [1.807, 2.05) is 6.07 Å². The molecule has 0 radical (unpaired) electrons. The Bertz CT molecular complexity index is 453. The predicted octanol–water partition coefficient (Wildman–Crippen LogP) is 2.12. The van der Waals surface area contributed by atoms with Crippen molar-refractivity contribution in [3.8, 4) is 0 Å². The van der Waals surface area contributed by atoms with E-state index in [1.165, 1.54) is 12.8 Å². The first-order valence-corrected chi connectivity index (χ1v) is 7.45. The van der Waals surface area contributed by atoms with Crippen molar-refractivity contribution >= 4 is 11.6 Å². The second-order valence-corrected chi connectivity index (χ2v) is 5.89. The lowest BCUT2D eigenvalue weighted by atomic mass is 10.0. The van der Waals surface area contributed by atoms with E-state index in [9.17, 15) is 4.79 Å². The van der Waals surface area contributed by atoms with Crippen LogP contribution in [-0.4, -0.2) is 36.5 Å². The van der Waals surface area contributed by atoms with Crippen LogP contribution in [-0.2, 0) is 0 Å². The van der Waals surface area contributed by atoms with Crippen molar-refractivity contribution in [3.63, 3.8) is 0 Å². The van der Waals surface area contributed by atoms with E-state index < -0.39 is 0 Å². The van der Waals surface area contributed by atoms with E-state index in [0.717, 1.165) is 13.1 Å². The Labute approximate surface area is 121 Å². The van der Waals surface area contributed by atoms with E-state index in [2.05, 4.69) is 24.1 Å². The smallest absolute Gasteiger partial charge is 0.251 e. The van der Waals surface area contributed by atoms with Gasteiger partial charge in [-0.3, -0.25) is 9.69 Å². The molecule has 4 nitrogen and oxygen atoms in total. The Hall–Kier alpha value is -1.55. The normalized spacial score (nSPS) is 17.4. The van der Waals surface area contributed by atoms with E-state index in [1.54, 1.807) is 18.2 Å². The van der Waals surface area contributed by atoms with Gasteiger partial charge in [-0.2, -0.15) is 0 Å². The number of rotatable bonds is 5. The van der Waals surface area contributed by atoms with Crippen LogP contribution >= 0.6 is 0 Å². The summed E-state index contributed by atoms with van der Waals surface area (Å²) in [6, 6.07) is 7.53. The Morgan fingerprint density at radius 1 is 1.35 bits per heavy atom. The van der Waals surface area contributed by atoms with Gasteiger partial charge in [0.05, 0.1) is 0 Å². The number of carbonyl (C=O) groups excluding carboxylic acids is 1. The molecule has 1 aliphatic rings. The van der Waals surface area contributed by atoms with Crippen LogP contribution in [0.15, 0.2) is 24.3 Å². The molecular weight excluding hydrogens is 250 g/mol. The van der Waals surface area contributed by atoms with Gasteiger partial charge < -0.3 is 11.1 Å². The fraction of sp³-hybridized carbons (Fsp3) is 0.562. The molecule has 1 amide bonds. The molecule has 1 aromatic rings. The fourth-order valence-electron chi connectivity index (χ4n) is 2.84. The molecule has 110 valence electrons. The van der Waals surface area contributed by atoms with Crippen LogP contribution in [0.5, 0.6) is 0 Å². The number of nitrogens with zero attached hydrogens (tertiary/aromatic N) is 1. The highest BCUT2D eigenvalue weighted by molar-refractivity contribution is 5.94. The molecule has 4 heteroatoms. The highest BCUT2D eigenvalue weighted by Gasteiger charge is 2.24. The summed E-state index contributed by atoms with van der Waals surface area (Å²) in [5.41, 5.74) is 6.97. The number of likely N-dealkylation sites (tertiary alicyclic amines) is 1. The summed E-state index contributed by atoms with van der Waals surface area (Å²) in [5.74, 6) is 0.497. The van der Waals surface area contributed by atoms with Crippen molar-refractivity contribution in [2.24, 2.45) is 5.92 Å². The Morgan fingerprint density at radius 3 is 2.65 bits per heavy atom. The lowest BCUT2D eigenvalue weighted by Gasteiger charge is -2.31. The minimum absolute atomic E-state index is 0.0397. The number of carbonyl (C=O) groups is 1. The first-order chi connectivity index (χ1) is 9.58. The summed E-state index contributed by atoms with van der Waals surface area (Å²) in [4.78, 5) is 14.6. The quantitative estimate of drug-likeness (QED) is 0.809. The molecule has 3 N–H and O–H groups in total. The molecule has 1 saturated heterocycles. The lowest BCUT2D eigenvalue weighted by Crippen LogP contribution is -2.45. The topological polar surface area (TPSA) is 58.4 Å². The van der Waals surface area contributed by atoms with Crippen LogP contribution in [0, 0.1) is 5.92 Å². The highest BCUT2D eigenvalue weighted by Crippen LogP contribution is 2.17. The zero-order chi connectivity index (χ0) is 14.5. The molecule has 2 rings (SSSR count). The molecular formula is C16H25N3O. The van der Waals surface area contributed by atoms with Crippen LogP contribution in [0.4, 0.5) is 5.69 Å². The van der Waals surface area contributed by atoms with Gasteiger partial charge in [-0.25, -0.2) is 0 Å². The molecule has 20 heavy (non-hydrogen) atoms. The third-order valence-corrected chi connectivity index (χ3v) is 4.00. The van der Waals surface area contributed by atoms with Crippen LogP contribution < -0.4 is 11.1 Å². The summed E-state index contributed by atoms with van der Waals surface area (Å²) >= 11 is 0. The number of nitrogen functional groups attached to an aromatic ring is 1. The van der Waals surface area contributed by atoms with Crippen molar-refractivity contribution in [1.82, 2.24) is 10.2 Å². The summed E-state index contributed by atoms with van der Waals surface area (Å²) in [5, 5.41) is 3.05. The van der Waals surface area contributed by atoms with Gasteiger partial charge in [-0.15, -0.1) is 0 Å². The number of anilines is 1. The van der Waals surface area contributed by atoms with E-state index in [-0.39, 0.29) is 5.91 Å². The largest absolute Gasteiger partial charge is 0.399 e. The lowest BCUT2D eigenvalue weighted by molar-refractivity contribution is 0.0927. The number of nitrogens with one attached hydrogen (secondary N) is 1. The summed E-state index contributed by atoms with van der Waals surface area (Å²) < 4.78 is 0. The van der Waals surface area contributed by atoms with Gasteiger partial charge in [0.2, 0.25) is 0 Å². The molecule has 1 unspecified atom stereocenters. The maximum absolute atomic E-state index is 12.2. The Morgan fingerprint density at radius 2 is 2.05 bits per heavy atom. The summed E-state index contributed by atoms with van der Waals surface area (Å²) in [7, 11) is 0. The predicted molar refractivity (Wildman–Crippen MR) is 82.6 cm³/mol. The molecule has 0 bridgehead atoms. The van der Waals surface area contributed by atoms with E-state index in [4.69, 9.17) is 5.73 Å². The third kappa shape index (κ3) is 3.73. The average molecular weight is 275 g/mol. The molecule has 1 aliphatic heterocycles. The number of nitrogens with two attached hydrogens (primary N) is 1. The van der Waals surface area contributed by atoms with Crippen molar-refractivity contribution < 1.29 is 4.79 Å². The minimum Gasteiger partial charge on any atom is -0.399 e. The second-order valence-electron chi connectivity index (χ2n) is 5.89. The molecule has 0 spiro atoms. The van der Waals surface area contributed by atoms with Gasteiger partial charge in [0.25, 0.3) is 5.91 Å². The molecule has 1 atom stereocenters. The van der Waals surface area contributed by atoms with Crippen LogP contribution in [0.3, 0.4) is 0 Å². The molecule has 0 aromatic heterocycles. The molecule has 0 saturated carbocycles. The van der Waals surface area contributed by atoms with Crippen molar-refractivity contribution in [3.05, 3.63) is 29.8 Å². The van der Waals surface area contributed by atoms with Gasteiger partial charge in [-0.05, 0) is 50.0 Å². The van der Waals surface area contributed by atoms with Crippen LogP contribution in [0.1, 0.15) is 37.0 Å². The minimum atomic E-state index is -0.0397. The Kier molecular flexibility index (Phi) is 5.01. The highest BCUT2D eigenvalue weighted by atomic mass is 16.1. The number of hydrogen-bond acceptors (Lipinski definition) is 3. The van der Waals surface area contributed by atoms with Crippen LogP contribution in [0.2, 0.25) is 0 Å². The summed E-state index contributed by atoms with van der Waals surface area (Å²) in [6.45, 7) is 7.44. The van der Waals surface area contributed by atoms with E-state index >= 15 is 0 Å². The zero-order valence-corrected chi connectivity index (χ0v) is 12.4. The fourth-order valence-corrected chi connectivity index (χ4v) is 2.84. The second kappa shape index (κ2) is 6.75. The van der Waals surface area contributed by atoms with Crippen molar-refractivity contribution in [2.75, 3.05) is 25.4 Å².